The number of nitrogens with zero attached hydrogens (tertiary/aromatic N) is 1. The van der Waals surface area contributed by atoms with Gasteiger partial charge in [-0.05, 0) is 43.2 Å². The second-order valence-electron chi connectivity index (χ2n) is 6.18. The van der Waals surface area contributed by atoms with Crippen LogP contribution >= 0.6 is 0 Å². The summed E-state index contributed by atoms with van der Waals surface area (Å²) in [6.45, 7) is 4.16. The van der Waals surface area contributed by atoms with Crippen molar-refractivity contribution in [2.75, 3.05) is 5.32 Å². The molecule has 3 aromatic rings. The Morgan fingerprint density at radius 2 is 1.88 bits per heavy atom. The quantitative estimate of drug-likeness (QED) is 0.712. The first-order chi connectivity index (χ1) is 12.5. The van der Waals surface area contributed by atoms with Crippen molar-refractivity contribution in [2.24, 2.45) is 0 Å². The van der Waals surface area contributed by atoms with E-state index in [2.05, 4.69) is 15.6 Å². The van der Waals surface area contributed by atoms with Crippen LogP contribution in [-0.2, 0) is 6.54 Å². The lowest BCUT2D eigenvalue weighted by molar-refractivity contribution is 0.0950. The van der Waals surface area contributed by atoms with Crippen molar-refractivity contribution < 1.29 is 9.18 Å². The van der Waals surface area contributed by atoms with Crippen LogP contribution in [0.2, 0.25) is 0 Å². The number of carbonyl (C=O) groups excluding carboxylic acids is 1. The number of anilines is 2. The number of benzene rings is 2. The molecule has 0 radical (unpaired) electrons. The number of nitrogens with one attached hydrogen (secondary N) is 2. The highest BCUT2D eigenvalue weighted by atomic mass is 19.1. The van der Waals surface area contributed by atoms with E-state index in [0.717, 1.165) is 22.5 Å². The van der Waals surface area contributed by atoms with Crippen LogP contribution in [0, 0.1) is 19.7 Å². The van der Waals surface area contributed by atoms with Crippen LogP contribution in [0.3, 0.4) is 0 Å². The highest BCUT2D eigenvalue weighted by Crippen LogP contribution is 2.22. The third-order valence-corrected chi connectivity index (χ3v) is 4.07. The predicted molar refractivity (Wildman–Crippen MR) is 101 cm³/mol. The summed E-state index contributed by atoms with van der Waals surface area (Å²) in [4.78, 5) is 16.5. The van der Waals surface area contributed by atoms with Crippen LogP contribution in [0.15, 0.2) is 60.9 Å². The van der Waals surface area contributed by atoms with E-state index in [4.69, 9.17) is 0 Å². The molecule has 1 amide bonds. The summed E-state index contributed by atoms with van der Waals surface area (Å²) in [5.74, 6) is -0.637. The Morgan fingerprint density at radius 3 is 2.69 bits per heavy atom. The first-order valence-corrected chi connectivity index (χ1v) is 8.34. The molecule has 2 N–H and O–H groups in total. The SMILES string of the molecule is Cc1ccc(C)c(Nc2cncc(C(=O)NCc3ccccc3F)c2)c1. The number of rotatable bonds is 5. The maximum absolute atomic E-state index is 13.6. The second-order valence-corrected chi connectivity index (χ2v) is 6.18. The van der Waals surface area contributed by atoms with E-state index in [1.165, 1.54) is 12.3 Å². The van der Waals surface area contributed by atoms with E-state index in [0.29, 0.717) is 11.1 Å². The van der Waals surface area contributed by atoms with Gasteiger partial charge in [-0.2, -0.15) is 0 Å². The number of amides is 1. The number of hydrogen-bond donors (Lipinski definition) is 2. The van der Waals surface area contributed by atoms with Crippen molar-refractivity contribution in [2.45, 2.75) is 20.4 Å². The molecular formula is C21H20FN3O. The number of aromatic nitrogens is 1. The maximum Gasteiger partial charge on any atom is 0.253 e. The van der Waals surface area contributed by atoms with Gasteiger partial charge in [-0.25, -0.2) is 4.39 Å². The normalized spacial score (nSPS) is 10.4. The summed E-state index contributed by atoms with van der Waals surface area (Å²) >= 11 is 0. The molecule has 0 bridgehead atoms. The summed E-state index contributed by atoms with van der Waals surface area (Å²) in [5.41, 5.74) is 4.79. The molecule has 3 rings (SSSR count). The monoisotopic (exact) mass is 349 g/mol. The Bertz CT molecular complexity index is 940. The zero-order chi connectivity index (χ0) is 18.5. The minimum absolute atomic E-state index is 0.125. The van der Waals surface area contributed by atoms with Crippen molar-refractivity contribution in [1.82, 2.24) is 10.3 Å². The summed E-state index contributed by atoms with van der Waals surface area (Å²) in [7, 11) is 0. The van der Waals surface area contributed by atoms with Gasteiger partial charge in [0, 0.05) is 24.0 Å². The molecule has 26 heavy (non-hydrogen) atoms. The van der Waals surface area contributed by atoms with Crippen molar-refractivity contribution in [3.05, 3.63) is 89.0 Å². The molecule has 4 nitrogen and oxygen atoms in total. The molecule has 0 aliphatic heterocycles. The highest BCUT2D eigenvalue weighted by molar-refractivity contribution is 5.94. The Kier molecular flexibility index (Phi) is 5.27. The molecule has 0 aliphatic rings. The molecule has 0 fully saturated rings. The van der Waals surface area contributed by atoms with E-state index in [-0.39, 0.29) is 18.3 Å². The molecule has 0 saturated heterocycles. The molecule has 1 aromatic heterocycles. The lowest BCUT2D eigenvalue weighted by Crippen LogP contribution is -2.23. The summed E-state index contributed by atoms with van der Waals surface area (Å²) in [6.07, 6.45) is 3.15. The zero-order valence-corrected chi connectivity index (χ0v) is 14.7. The van der Waals surface area contributed by atoms with Crippen molar-refractivity contribution >= 4 is 17.3 Å². The fraction of sp³-hybridized carbons (Fsp3) is 0.143. The van der Waals surface area contributed by atoms with Crippen LogP contribution in [0.5, 0.6) is 0 Å². The maximum atomic E-state index is 13.6. The van der Waals surface area contributed by atoms with E-state index in [1.807, 2.05) is 32.0 Å². The lowest BCUT2D eigenvalue weighted by Gasteiger charge is -2.11. The van der Waals surface area contributed by atoms with Gasteiger partial charge < -0.3 is 10.6 Å². The first-order valence-electron chi connectivity index (χ1n) is 8.34. The van der Waals surface area contributed by atoms with Gasteiger partial charge in [-0.3, -0.25) is 9.78 Å². The largest absolute Gasteiger partial charge is 0.354 e. The molecular weight excluding hydrogens is 329 g/mol. The lowest BCUT2D eigenvalue weighted by atomic mass is 10.1. The standard InChI is InChI=1S/C21H20FN3O/c1-14-7-8-15(2)20(9-14)25-18-10-17(11-23-13-18)21(26)24-12-16-5-3-4-6-19(16)22/h3-11,13,25H,12H2,1-2H3,(H,24,26). The van der Waals surface area contributed by atoms with Gasteiger partial charge >= 0.3 is 0 Å². The third kappa shape index (κ3) is 4.25. The Hall–Kier alpha value is -3.21. The smallest absolute Gasteiger partial charge is 0.253 e. The van der Waals surface area contributed by atoms with E-state index in [9.17, 15) is 9.18 Å². The molecule has 5 heteroatoms. The number of carbonyl (C=O) groups is 1. The highest BCUT2D eigenvalue weighted by Gasteiger charge is 2.09. The van der Waals surface area contributed by atoms with Crippen LogP contribution < -0.4 is 10.6 Å². The second kappa shape index (κ2) is 7.78. The fourth-order valence-electron chi connectivity index (χ4n) is 2.58. The number of aryl methyl sites for hydroxylation is 2. The molecule has 0 spiro atoms. The average Bonchev–Trinajstić information content (AvgIpc) is 2.64. The Morgan fingerprint density at radius 1 is 1.08 bits per heavy atom. The van der Waals surface area contributed by atoms with Crippen LogP contribution in [0.25, 0.3) is 0 Å². The van der Waals surface area contributed by atoms with Gasteiger partial charge in [-0.15, -0.1) is 0 Å². The van der Waals surface area contributed by atoms with Gasteiger partial charge in [-0.1, -0.05) is 30.3 Å². The van der Waals surface area contributed by atoms with Crippen LogP contribution in [0.1, 0.15) is 27.0 Å². The zero-order valence-electron chi connectivity index (χ0n) is 14.7. The number of hydrogen-bond acceptors (Lipinski definition) is 3. The average molecular weight is 349 g/mol. The Labute approximate surface area is 152 Å². The summed E-state index contributed by atoms with van der Waals surface area (Å²) in [6, 6.07) is 14.2. The minimum Gasteiger partial charge on any atom is -0.354 e. The van der Waals surface area contributed by atoms with Gasteiger partial charge in [0.25, 0.3) is 5.91 Å². The van der Waals surface area contributed by atoms with Gasteiger partial charge in [0.1, 0.15) is 5.82 Å². The van der Waals surface area contributed by atoms with Crippen LogP contribution in [-0.4, -0.2) is 10.9 Å². The molecule has 1 heterocycles. The first kappa shape index (κ1) is 17.6. The molecule has 0 saturated carbocycles. The number of pyridine rings is 1. The topological polar surface area (TPSA) is 54.0 Å². The van der Waals surface area contributed by atoms with Crippen LogP contribution in [0.4, 0.5) is 15.8 Å². The molecule has 0 atom stereocenters. The fourth-order valence-corrected chi connectivity index (χ4v) is 2.58. The van der Waals surface area contributed by atoms with E-state index < -0.39 is 0 Å². The molecule has 0 aliphatic carbocycles. The summed E-state index contributed by atoms with van der Waals surface area (Å²) < 4.78 is 13.6. The minimum atomic E-state index is -0.337. The van der Waals surface area contributed by atoms with Gasteiger partial charge in [0.15, 0.2) is 0 Å². The van der Waals surface area contributed by atoms with Crippen molar-refractivity contribution in [3.8, 4) is 0 Å². The van der Waals surface area contributed by atoms with E-state index >= 15 is 0 Å². The van der Waals surface area contributed by atoms with E-state index in [1.54, 1.807) is 30.5 Å². The molecule has 2 aromatic carbocycles. The predicted octanol–water partition coefficient (Wildman–Crippen LogP) is 4.51. The van der Waals surface area contributed by atoms with Crippen molar-refractivity contribution in [3.63, 3.8) is 0 Å². The van der Waals surface area contributed by atoms with Gasteiger partial charge in [0.05, 0.1) is 17.4 Å². The van der Waals surface area contributed by atoms with Crippen molar-refractivity contribution in [1.29, 1.82) is 0 Å². The Balaban J connectivity index is 1.71. The summed E-state index contributed by atoms with van der Waals surface area (Å²) in [5, 5.41) is 6.01. The van der Waals surface area contributed by atoms with Gasteiger partial charge in [0.2, 0.25) is 0 Å². The molecule has 0 unspecified atom stereocenters. The molecule has 132 valence electrons. The third-order valence-electron chi connectivity index (χ3n) is 4.07. The number of halogens is 1.